The van der Waals surface area contributed by atoms with Gasteiger partial charge in [0.05, 0.1) is 12.1 Å². The molecular weight excluding hydrogens is 264 g/mol. The lowest BCUT2D eigenvalue weighted by Crippen LogP contribution is -2.26. The Labute approximate surface area is 122 Å². The first-order chi connectivity index (χ1) is 10.3. The fourth-order valence-corrected chi connectivity index (χ4v) is 2.26. The Bertz CT molecular complexity index is 614. The van der Waals surface area contributed by atoms with Crippen LogP contribution < -0.4 is 5.32 Å². The van der Waals surface area contributed by atoms with Gasteiger partial charge in [-0.15, -0.1) is 10.2 Å². The zero-order valence-electron chi connectivity index (χ0n) is 11.6. The molecule has 0 radical (unpaired) electrons. The minimum Gasteiger partial charge on any atom is -0.297 e. The van der Waals surface area contributed by atoms with Gasteiger partial charge >= 0.3 is 0 Å². The molecule has 21 heavy (non-hydrogen) atoms. The van der Waals surface area contributed by atoms with Crippen molar-refractivity contribution >= 4 is 0 Å². The third-order valence-electron chi connectivity index (χ3n) is 3.34. The maximum Gasteiger partial charge on any atom is 0.191 e. The van der Waals surface area contributed by atoms with E-state index in [9.17, 15) is 0 Å². The van der Waals surface area contributed by atoms with Crippen molar-refractivity contribution in [2.24, 2.45) is 0 Å². The first kappa shape index (κ1) is 13.4. The number of rotatable bonds is 5. The predicted octanol–water partition coefficient (Wildman–Crippen LogP) is 2.03. The van der Waals surface area contributed by atoms with Gasteiger partial charge in [0.15, 0.2) is 5.82 Å². The normalized spacial score (nSPS) is 13.8. The molecule has 2 unspecified atom stereocenters. The van der Waals surface area contributed by atoms with Gasteiger partial charge in [0.1, 0.15) is 0 Å². The molecule has 3 aromatic rings. The number of hydrogen-bond donors (Lipinski definition) is 2. The average Bonchev–Trinajstić information content (AvgIpc) is 3.09. The SMILES string of the molecule is CC(NC(c1ccccc1)c1ccncc1)c1nn[nH]n1. The summed E-state index contributed by atoms with van der Waals surface area (Å²) in [6, 6.07) is 14.3. The number of aromatic amines is 1. The van der Waals surface area contributed by atoms with Gasteiger partial charge in [0.2, 0.25) is 0 Å². The number of benzene rings is 1. The van der Waals surface area contributed by atoms with E-state index < -0.39 is 0 Å². The molecule has 1 aromatic carbocycles. The van der Waals surface area contributed by atoms with Gasteiger partial charge in [0, 0.05) is 12.4 Å². The van der Waals surface area contributed by atoms with E-state index in [1.807, 2.05) is 37.3 Å². The Hall–Kier alpha value is -2.60. The van der Waals surface area contributed by atoms with Crippen LogP contribution in [0.2, 0.25) is 0 Å². The summed E-state index contributed by atoms with van der Waals surface area (Å²) in [5.41, 5.74) is 2.32. The lowest BCUT2D eigenvalue weighted by Gasteiger charge is -2.22. The van der Waals surface area contributed by atoms with E-state index in [1.54, 1.807) is 12.4 Å². The monoisotopic (exact) mass is 280 g/mol. The highest BCUT2D eigenvalue weighted by Gasteiger charge is 2.19. The first-order valence-electron chi connectivity index (χ1n) is 6.79. The Balaban J connectivity index is 1.90. The molecule has 0 fully saturated rings. The molecule has 0 amide bonds. The fraction of sp³-hybridized carbons (Fsp3) is 0.200. The molecule has 3 rings (SSSR count). The highest BCUT2D eigenvalue weighted by atomic mass is 15.5. The van der Waals surface area contributed by atoms with Crippen molar-refractivity contribution < 1.29 is 0 Å². The van der Waals surface area contributed by atoms with Crippen LogP contribution >= 0.6 is 0 Å². The number of nitrogens with zero attached hydrogens (tertiary/aromatic N) is 4. The molecule has 2 N–H and O–H groups in total. The van der Waals surface area contributed by atoms with E-state index in [0.29, 0.717) is 5.82 Å². The van der Waals surface area contributed by atoms with Gasteiger partial charge in [-0.1, -0.05) is 35.5 Å². The first-order valence-corrected chi connectivity index (χ1v) is 6.79. The van der Waals surface area contributed by atoms with Crippen LogP contribution in [0.3, 0.4) is 0 Å². The van der Waals surface area contributed by atoms with Crippen molar-refractivity contribution in [3.05, 3.63) is 71.8 Å². The molecule has 2 atom stereocenters. The van der Waals surface area contributed by atoms with Crippen molar-refractivity contribution in [1.29, 1.82) is 0 Å². The van der Waals surface area contributed by atoms with Gasteiger partial charge < -0.3 is 0 Å². The topological polar surface area (TPSA) is 79.4 Å². The summed E-state index contributed by atoms with van der Waals surface area (Å²) in [7, 11) is 0. The summed E-state index contributed by atoms with van der Waals surface area (Å²) in [5, 5.41) is 17.7. The molecule has 2 heterocycles. The molecule has 0 bridgehead atoms. The molecule has 6 nitrogen and oxygen atoms in total. The van der Waals surface area contributed by atoms with Crippen molar-refractivity contribution in [1.82, 2.24) is 30.9 Å². The summed E-state index contributed by atoms with van der Waals surface area (Å²) >= 11 is 0. The number of H-pyrrole nitrogens is 1. The van der Waals surface area contributed by atoms with Gasteiger partial charge in [-0.2, -0.15) is 5.21 Å². The molecular formula is C15H16N6. The van der Waals surface area contributed by atoms with Crippen LogP contribution in [-0.2, 0) is 0 Å². The van der Waals surface area contributed by atoms with Gasteiger partial charge in [-0.05, 0) is 30.2 Å². The quantitative estimate of drug-likeness (QED) is 0.747. The molecule has 0 saturated heterocycles. The second-order valence-electron chi connectivity index (χ2n) is 4.78. The predicted molar refractivity (Wildman–Crippen MR) is 78.3 cm³/mol. The number of tetrazole rings is 1. The van der Waals surface area contributed by atoms with E-state index in [2.05, 4.69) is 43.1 Å². The van der Waals surface area contributed by atoms with E-state index >= 15 is 0 Å². The third kappa shape index (κ3) is 3.11. The third-order valence-corrected chi connectivity index (χ3v) is 3.34. The van der Waals surface area contributed by atoms with Gasteiger partial charge in [0.25, 0.3) is 0 Å². The number of nitrogens with one attached hydrogen (secondary N) is 2. The minimum absolute atomic E-state index is 0.0258. The van der Waals surface area contributed by atoms with E-state index in [0.717, 1.165) is 5.56 Å². The zero-order chi connectivity index (χ0) is 14.5. The molecule has 2 aromatic heterocycles. The zero-order valence-corrected chi connectivity index (χ0v) is 11.6. The Morgan fingerprint density at radius 3 is 2.38 bits per heavy atom. The van der Waals surface area contributed by atoms with Crippen molar-refractivity contribution in [2.75, 3.05) is 0 Å². The van der Waals surface area contributed by atoms with Crippen LogP contribution in [-0.4, -0.2) is 25.6 Å². The Morgan fingerprint density at radius 2 is 1.71 bits per heavy atom. The largest absolute Gasteiger partial charge is 0.297 e. The van der Waals surface area contributed by atoms with Crippen LogP contribution in [0, 0.1) is 0 Å². The fourth-order valence-electron chi connectivity index (χ4n) is 2.26. The van der Waals surface area contributed by atoms with Gasteiger partial charge in [-0.3, -0.25) is 10.3 Å². The summed E-state index contributed by atoms with van der Waals surface area (Å²) < 4.78 is 0. The standard InChI is InChI=1S/C15H16N6/c1-11(15-18-20-21-19-15)17-14(12-5-3-2-4-6-12)13-7-9-16-10-8-13/h2-11,14,17H,1H3,(H,18,19,20,21). The lowest BCUT2D eigenvalue weighted by molar-refractivity contribution is 0.496. The molecule has 0 saturated carbocycles. The molecule has 6 heteroatoms. The second-order valence-corrected chi connectivity index (χ2v) is 4.78. The summed E-state index contributed by atoms with van der Waals surface area (Å²) in [5.74, 6) is 0.644. The molecule has 0 spiro atoms. The maximum atomic E-state index is 4.08. The highest BCUT2D eigenvalue weighted by molar-refractivity contribution is 5.30. The Kier molecular flexibility index (Phi) is 3.97. The van der Waals surface area contributed by atoms with E-state index in [4.69, 9.17) is 0 Å². The number of hydrogen-bond acceptors (Lipinski definition) is 5. The second kappa shape index (κ2) is 6.23. The lowest BCUT2D eigenvalue weighted by atomic mass is 9.99. The van der Waals surface area contributed by atoms with Crippen molar-refractivity contribution in [3.8, 4) is 0 Å². The highest BCUT2D eigenvalue weighted by Crippen LogP contribution is 2.24. The van der Waals surface area contributed by atoms with E-state index in [-0.39, 0.29) is 12.1 Å². The van der Waals surface area contributed by atoms with Crippen LogP contribution in [0.15, 0.2) is 54.9 Å². The average molecular weight is 280 g/mol. The minimum atomic E-state index is -0.0258. The molecule has 0 aliphatic heterocycles. The molecule has 106 valence electrons. The van der Waals surface area contributed by atoms with Crippen LogP contribution in [0.25, 0.3) is 0 Å². The number of aromatic nitrogens is 5. The molecule has 0 aliphatic rings. The smallest absolute Gasteiger partial charge is 0.191 e. The van der Waals surface area contributed by atoms with Crippen LogP contribution in [0.5, 0.6) is 0 Å². The van der Waals surface area contributed by atoms with E-state index in [1.165, 1.54) is 5.56 Å². The van der Waals surface area contributed by atoms with Crippen molar-refractivity contribution in [3.63, 3.8) is 0 Å². The molecule has 0 aliphatic carbocycles. The summed E-state index contributed by atoms with van der Waals surface area (Å²) in [6.45, 7) is 2.02. The number of pyridine rings is 1. The van der Waals surface area contributed by atoms with Crippen molar-refractivity contribution in [2.45, 2.75) is 19.0 Å². The Morgan fingerprint density at radius 1 is 1.00 bits per heavy atom. The van der Waals surface area contributed by atoms with Crippen LogP contribution in [0.1, 0.15) is 36.0 Å². The van der Waals surface area contributed by atoms with Gasteiger partial charge in [-0.25, -0.2) is 0 Å². The summed E-state index contributed by atoms with van der Waals surface area (Å²) in [6.07, 6.45) is 3.60. The van der Waals surface area contributed by atoms with Crippen LogP contribution in [0.4, 0.5) is 0 Å². The summed E-state index contributed by atoms with van der Waals surface area (Å²) in [4.78, 5) is 4.08. The maximum absolute atomic E-state index is 4.08.